The standard InChI is InChI=1S/C14H21N/c1-14(2)9-6-11-15(12-10-14)13-7-4-3-5-8-13/h3-5,7-8H,6,9-12H2,1-2H3. The van der Waals surface area contributed by atoms with E-state index in [1.807, 2.05) is 0 Å². The summed E-state index contributed by atoms with van der Waals surface area (Å²) in [5, 5.41) is 0. The highest BCUT2D eigenvalue weighted by atomic mass is 15.1. The van der Waals surface area contributed by atoms with Crippen LogP contribution in [0.15, 0.2) is 30.3 Å². The first kappa shape index (κ1) is 10.5. The summed E-state index contributed by atoms with van der Waals surface area (Å²) < 4.78 is 0. The summed E-state index contributed by atoms with van der Waals surface area (Å²) in [6.45, 7) is 7.20. The van der Waals surface area contributed by atoms with Gasteiger partial charge in [0.1, 0.15) is 0 Å². The zero-order chi connectivity index (χ0) is 10.7. The van der Waals surface area contributed by atoms with Gasteiger partial charge in [0, 0.05) is 18.8 Å². The summed E-state index contributed by atoms with van der Waals surface area (Å²) in [5.41, 5.74) is 1.92. The summed E-state index contributed by atoms with van der Waals surface area (Å²) in [6, 6.07) is 10.8. The molecule has 1 aliphatic heterocycles. The minimum atomic E-state index is 0.531. The molecule has 1 fully saturated rings. The zero-order valence-electron chi connectivity index (χ0n) is 9.87. The molecule has 0 bridgehead atoms. The minimum Gasteiger partial charge on any atom is -0.372 e. The van der Waals surface area contributed by atoms with Crippen LogP contribution in [0.5, 0.6) is 0 Å². The van der Waals surface area contributed by atoms with Crippen molar-refractivity contribution in [1.29, 1.82) is 0 Å². The zero-order valence-corrected chi connectivity index (χ0v) is 9.87. The van der Waals surface area contributed by atoms with Gasteiger partial charge in [0.2, 0.25) is 0 Å². The number of hydrogen-bond donors (Lipinski definition) is 0. The number of para-hydroxylation sites is 1. The van der Waals surface area contributed by atoms with Crippen LogP contribution >= 0.6 is 0 Å². The second-order valence-electron chi connectivity index (χ2n) is 5.34. The second-order valence-corrected chi connectivity index (χ2v) is 5.34. The quantitative estimate of drug-likeness (QED) is 0.672. The fourth-order valence-electron chi connectivity index (χ4n) is 2.32. The first-order chi connectivity index (χ1) is 7.17. The van der Waals surface area contributed by atoms with E-state index in [-0.39, 0.29) is 0 Å². The van der Waals surface area contributed by atoms with Crippen LogP contribution in [0, 0.1) is 5.41 Å². The molecule has 82 valence electrons. The summed E-state index contributed by atoms with van der Waals surface area (Å²) in [4.78, 5) is 2.52. The third-order valence-electron chi connectivity index (χ3n) is 3.46. The van der Waals surface area contributed by atoms with Crippen LogP contribution in [-0.4, -0.2) is 13.1 Å². The lowest BCUT2D eigenvalue weighted by Gasteiger charge is -2.24. The lowest BCUT2D eigenvalue weighted by atomic mass is 9.85. The fraction of sp³-hybridized carbons (Fsp3) is 0.571. The van der Waals surface area contributed by atoms with E-state index in [0.717, 1.165) is 0 Å². The first-order valence-corrected chi connectivity index (χ1v) is 5.97. The van der Waals surface area contributed by atoms with E-state index in [1.54, 1.807) is 0 Å². The Kier molecular flexibility index (Phi) is 2.99. The van der Waals surface area contributed by atoms with Crippen molar-refractivity contribution >= 4 is 5.69 Å². The van der Waals surface area contributed by atoms with Crippen LogP contribution in [0.3, 0.4) is 0 Å². The van der Waals surface area contributed by atoms with Crippen molar-refractivity contribution in [3.05, 3.63) is 30.3 Å². The van der Waals surface area contributed by atoms with Crippen LogP contribution in [-0.2, 0) is 0 Å². The molecule has 0 aromatic heterocycles. The van der Waals surface area contributed by atoms with E-state index in [2.05, 4.69) is 49.1 Å². The maximum absolute atomic E-state index is 2.52. The molecule has 2 rings (SSSR count). The Morgan fingerprint density at radius 1 is 1.00 bits per heavy atom. The van der Waals surface area contributed by atoms with Crippen LogP contribution in [0.1, 0.15) is 33.1 Å². The van der Waals surface area contributed by atoms with Gasteiger partial charge in [0.05, 0.1) is 0 Å². The van der Waals surface area contributed by atoms with Crippen molar-refractivity contribution in [1.82, 2.24) is 0 Å². The molecule has 1 heteroatoms. The number of hydrogen-bond acceptors (Lipinski definition) is 1. The molecule has 0 amide bonds. The fourth-order valence-corrected chi connectivity index (χ4v) is 2.32. The molecule has 0 radical (unpaired) electrons. The van der Waals surface area contributed by atoms with Crippen molar-refractivity contribution < 1.29 is 0 Å². The molecule has 15 heavy (non-hydrogen) atoms. The highest BCUT2D eigenvalue weighted by molar-refractivity contribution is 5.45. The van der Waals surface area contributed by atoms with E-state index in [1.165, 1.54) is 38.0 Å². The Bertz CT molecular complexity index is 302. The Hall–Kier alpha value is -0.980. The number of nitrogens with zero attached hydrogens (tertiary/aromatic N) is 1. The Balaban J connectivity index is 2.06. The molecule has 1 heterocycles. The van der Waals surface area contributed by atoms with Gasteiger partial charge in [-0.2, -0.15) is 0 Å². The van der Waals surface area contributed by atoms with Gasteiger partial charge in [-0.15, -0.1) is 0 Å². The number of anilines is 1. The molecule has 1 aromatic carbocycles. The predicted octanol–water partition coefficient (Wildman–Crippen LogP) is 3.70. The molecule has 1 aromatic rings. The minimum absolute atomic E-state index is 0.531. The third-order valence-corrected chi connectivity index (χ3v) is 3.46. The molecule has 1 nitrogen and oxygen atoms in total. The van der Waals surface area contributed by atoms with Crippen LogP contribution in [0.25, 0.3) is 0 Å². The Labute approximate surface area is 93.1 Å². The molecular weight excluding hydrogens is 182 g/mol. The average Bonchev–Trinajstić information content (AvgIpc) is 2.41. The van der Waals surface area contributed by atoms with Gasteiger partial charge >= 0.3 is 0 Å². The maximum Gasteiger partial charge on any atom is 0.0366 e. The third kappa shape index (κ3) is 2.74. The highest BCUT2D eigenvalue weighted by Crippen LogP contribution is 2.31. The topological polar surface area (TPSA) is 3.24 Å². The van der Waals surface area contributed by atoms with E-state index < -0.39 is 0 Å². The second kappa shape index (κ2) is 4.26. The molecule has 1 aliphatic rings. The molecule has 0 N–H and O–H groups in total. The summed E-state index contributed by atoms with van der Waals surface area (Å²) in [5.74, 6) is 0. The average molecular weight is 203 g/mol. The molecule has 0 saturated carbocycles. The smallest absolute Gasteiger partial charge is 0.0366 e. The molecule has 0 atom stereocenters. The van der Waals surface area contributed by atoms with Crippen LogP contribution in [0.2, 0.25) is 0 Å². The molecule has 1 saturated heterocycles. The van der Waals surface area contributed by atoms with Gasteiger partial charge in [0.15, 0.2) is 0 Å². The Morgan fingerprint density at radius 3 is 2.47 bits per heavy atom. The van der Waals surface area contributed by atoms with Crippen molar-refractivity contribution in [2.45, 2.75) is 33.1 Å². The van der Waals surface area contributed by atoms with Gasteiger partial charge in [-0.05, 0) is 36.8 Å². The van der Waals surface area contributed by atoms with Crippen molar-refractivity contribution in [2.75, 3.05) is 18.0 Å². The lowest BCUT2D eigenvalue weighted by Crippen LogP contribution is -2.24. The summed E-state index contributed by atoms with van der Waals surface area (Å²) in [7, 11) is 0. The SMILES string of the molecule is CC1(C)CCCN(c2ccccc2)CC1. The number of rotatable bonds is 1. The van der Waals surface area contributed by atoms with E-state index in [0.29, 0.717) is 5.41 Å². The van der Waals surface area contributed by atoms with E-state index >= 15 is 0 Å². The largest absolute Gasteiger partial charge is 0.372 e. The Morgan fingerprint density at radius 2 is 1.73 bits per heavy atom. The monoisotopic (exact) mass is 203 g/mol. The summed E-state index contributed by atoms with van der Waals surface area (Å²) >= 11 is 0. The van der Waals surface area contributed by atoms with Gasteiger partial charge < -0.3 is 4.90 Å². The van der Waals surface area contributed by atoms with Crippen molar-refractivity contribution in [3.8, 4) is 0 Å². The molecule has 0 aliphatic carbocycles. The molecular formula is C14H21N. The van der Waals surface area contributed by atoms with Crippen LogP contribution < -0.4 is 4.90 Å². The van der Waals surface area contributed by atoms with Crippen molar-refractivity contribution in [2.24, 2.45) is 5.41 Å². The maximum atomic E-state index is 2.52. The van der Waals surface area contributed by atoms with Gasteiger partial charge in [-0.1, -0.05) is 32.0 Å². The van der Waals surface area contributed by atoms with Crippen molar-refractivity contribution in [3.63, 3.8) is 0 Å². The van der Waals surface area contributed by atoms with Gasteiger partial charge in [0.25, 0.3) is 0 Å². The lowest BCUT2D eigenvalue weighted by molar-refractivity contribution is 0.325. The van der Waals surface area contributed by atoms with E-state index in [4.69, 9.17) is 0 Å². The van der Waals surface area contributed by atoms with Crippen LogP contribution in [0.4, 0.5) is 5.69 Å². The highest BCUT2D eigenvalue weighted by Gasteiger charge is 2.22. The van der Waals surface area contributed by atoms with Gasteiger partial charge in [-0.25, -0.2) is 0 Å². The first-order valence-electron chi connectivity index (χ1n) is 5.97. The molecule has 0 unspecified atom stereocenters. The molecule has 0 spiro atoms. The number of benzene rings is 1. The summed E-state index contributed by atoms with van der Waals surface area (Å²) in [6.07, 6.45) is 3.99. The van der Waals surface area contributed by atoms with Gasteiger partial charge in [-0.3, -0.25) is 0 Å². The normalized spacial score (nSPS) is 21.1. The van der Waals surface area contributed by atoms with E-state index in [9.17, 15) is 0 Å². The predicted molar refractivity (Wildman–Crippen MR) is 66.3 cm³/mol.